The van der Waals surface area contributed by atoms with E-state index in [0.29, 0.717) is 15.1 Å². The summed E-state index contributed by atoms with van der Waals surface area (Å²) < 4.78 is 0.988. The maximum Gasteiger partial charge on any atom is 0.0567 e. The van der Waals surface area contributed by atoms with Gasteiger partial charge in [-0.05, 0) is 64.0 Å². The summed E-state index contributed by atoms with van der Waals surface area (Å²) in [5.41, 5.74) is 7.90. The van der Waals surface area contributed by atoms with E-state index in [1.165, 1.54) is 0 Å². The molecule has 0 aromatic heterocycles. The molecule has 0 aliphatic heterocycles. The maximum absolute atomic E-state index is 6.20. The van der Waals surface area contributed by atoms with Crippen molar-refractivity contribution in [2.24, 2.45) is 5.73 Å². The van der Waals surface area contributed by atoms with Crippen LogP contribution in [0.5, 0.6) is 0 Å². The lowest BCUT2D eigenvalue weighted by molar-refractivity contribution is 0.871. The fourth-order valence-electron chi connectivity index (χ4n) is 1.64. The van der Waals surface area contributed by atoms with Gasteiger partial charge in [0.05, 0.1) is 11.1 Å². The molecule has 1 atom stereocenters. The van der Waals surface area contributed by atoms with E-state index in [4.69, 9.17) is 40.5 Å². The molecule has 0 saturated heterocycles. The minimum absolute atomic E-state index is 0.342. The first kappa shape index (κ1) is 14.4. The van der Waals surface area contributed by atoms with Crippen molar-refractivity contribution in [3.8, 4) is 0 Å². The number of nitrogens with two attached hydrogens (primary N) is 1. The highest BCUT2D eigenvalue weighted by molar-refractivity contribution is 14.1. The second-order valence-electron chi connectivity index (χ2n) is 3.82. The van der Waals surface area contributed by atoms with E-state index in [9.17, 15) is 0 Å². The molecular formula is C13H9Cl3IN. The molecule has 0 saturated carbocycles. The van der Waals surface area contributed by atoms with E-state index in [0.717, 1.165) is 14.7 Å². The van der Waals surface area contributed by atoms with Gasteiger partial charge in [-0.25, -0.2) is 0 Å². The Bertz CT molecular complexity index is 586. The fourth-order valence-corrected chi connectivity index (χ4v) is 2.58. The molecule has 18 heavy (non-hydrogen) atoms. The first-order chi connectivity index (χ1) is 8.49. The summed E-state index contributed by atoms with van der Waals surface area (Å²) in [5, 5.41) is 1.89. The van der Waals surface area contributed by atoms with Crippen LogP contribution < -0.4 is 5.73 Å². The smallest absolute Gasteiger partial charge is 0.0567 e. The maximum atomic E-state index is 6.20. The molecule has 0 amide bonds. The van der Waals surface area contributed by atoms with Gasteiger partial charge in [0.15, 0.2) is 0 Å². The Morgan fingerprint density at radius 1 is 0.944 bits per heavy atom. The van der Waals surface area contributed by atoms with Gasteiger partial charge in [-0.15, -0.1) is 0 Å². The molecule has 94 valence electrons. The second kappa shape index (κ2) is 5.97. The second-order valence-corrected chi connectivity index (χ2v) is 6.23. The predicted molar refractivity (Wildman–Crippen MR) is 86.7 cm³/mol. The number of rotatable bonds is 2. The zero-order chi connectivity index (χ0) is 13.3. The average molecular weight is 412 g/mol. The fraction of sp³-hybridized carbons (Fsp3) is 0.0769. The summed E-state index contributed by atoms with van der Waals surface area (Å²) in [7, 11) is 0. The molecule has 5 heteroatoms. The topological polar surface area (TPSA) is 26.0 Å². The molecule has 0 aliphatic carbocycles. The molecule has 0 radical (unpaired) electrons. The molecule has 1 nitrogen and oxygen atoms in total. The van der Waals surface area contributed by atoms with Crippen molar-refractivity contribution in [1.29, 1.82) is 0 Å². The summed E-state index contributed by atoms with van der Waals surface area (Å²) >= 11 is 20.4. The zero-order valence-corrected chi connectivity index (χ0v) is 13.6. The van der Waals surface area contributed by atoms with Crippen LogP contribution in [0.2, 0.25) is 15.1 Å². The van der Waals surface area contributed by atoms with Crippen molar-refractivity contribution in [3.05, 3.63) is 66.2 Å². The van der Waals surface area contributed by atoms with Crippen molar-refractivity contribution in [1.82, 2.24) is 0 Å². The Kier molecular flexibility index (Phi) is 4.78. The van der Waals surface area contributed by atoms with E-state index in [-0.39, 0.29) is 6.04 Å². The van der Waals surface area contributed by atoms with Gasteiger partial charge in [0.25, 0.3) is 0 Å². The van der Waals surface area contributed by atoms with Crippen LogP contribution in [0, 0.1) is 3.57 Å². The first-order valence-electron chi connectivity index (χ1n) is 5.14. The number of hydrogen-bond donors (Lipinski definition) is 1. The van der Waals surface area contributed by atoms with Gasteiger partial charge in [-0.3, -0.25) is 0 Å². The number of halogens is 4. The van der Waals surface area contributed by atoms with Crippen molar-refractivity contribution >= 4 is 57.4 Å². The summed E-state index contributed by atoms with van der Waals surface area (Å²) in [6.07, 6.45) is 0. The van der Waals surface area contributed by atoms with E-state index >= 15 is 0 Å². The third-order valence-corrected chi connectivity index (χ3v) is 4.75. The van der Waals surface area contributed by atoms with Crippen molar-refractivity contribution < 1.29 is 0 Å². The van der Waals surface area contributed by atoms with Gasteiger partial charge in [0.1, 0.15) is 0 Å². The van der Waals surface area contributed by atoms with Gasteiger partial charge < -0.3 is 5.73 Å². The monoisotopic (exact) mass is 411 g/mol. The van der Waals surface area contributed by atoms with E-state index in [1.54, 1.807) is 18.2 Å². The first-order valence-corrected chi connectivity index (χ1v) is 7.36. The van der Waals surface area contributed by atoms with Crippen LogP contribution in [0.3, 0.4) is 0 Å². The lowest BCUT2D eigenvalue weighted by atomic mass is 10.00. The highest BCUT2D eigenvalue weighted by Crippen LogP contribution is 2.31. The van der Waals surface area contributed by atoms with Crippen LogP contribution in [0.25, 0.3) is 0 Å². The van der Waals surface area contributed by atoms with Crippen molar-refractivity contribution in [2.45, 2.75) is 6.04 Å². The van der Waals surface area contributed by atoms with Crippen LogP contribution in [0.15, 0.2) is 36.4 Å². The molecular weight excluding hydrogens is 403 g/mol. The standard InChI is InChI=1S/C13H9Cl3IN/c14-8-2-3-10(15)9(6-8)13(18)7-1-4-12(17)11(16)5-7/h1-6,13H,18H2. The molecule has 1 unspecified atom stereocenters. The third kappa shape index (κ3) is 3.11. The molecule has 0 fully saturated rings. The normalized spacial score (nSPS) is 12.5. The van der Waals surface area contributed by atoms with Gasteiger partial charge in [-0.2, -0.15) is 0 Å². The van der Waals surface area contributed by atoms with Crippen molar-refractivity contribution in [2.75, 3.05) is 0 Å². The van der Waals surface area contributed by atoms with E-state index in [2.05, 4.69) is 22.6 Å². The van der Waals surface area contributed by atoms with Crippen LogP contribution >= 0.6 is 57.4 Å². The SMILES string of the molecule is NC(c1ccc(I)c(Cl)c1)c1cc(Cl)ccc1Cl. The zero-order valence-electron chi connectivity index (χ0n) is 9.13. The number of hydrogen-bond acceptors (Lipinski definition) is 1. The lowest BCUT2D eigenvalue weighted by Crippen LogP contribution is -2.12. The summed E-state index contributed by atoms with van der Waals surface area (Å²) in [6.45, 7) is 0. The highest BCUT2D eigenvalue weighted by Gasteiger charge is 2.14. The Morgan fingerprint density at radius 2 is 1.67 bits per heavy atom. The lowest BCUT2D eigenvalue weighted by Gasteiger charge is -2.15. The van der Waals surface area contributed by atoms with E-state index in [1.807, 2.05) is 18.2 Å². The molecule has 2 N–H and O–H groups in total. The Morgan fingerprint density at radius 3 is 2.33 bits per heavy atom. The van der Waals surface area contributed by atoms with Crippen LogP contribution in [-0.4, -0.2) is 0 Å². The molecule has 2 aromatic carbocycles. The molecule has 0 bridgehead atoms. The molecule has 0 spiro atoms. The third-order valence-electron chi connectivity index (χ3n) is 2.60. The van der Waals surface area contributed by atoms with Crippen LogP contribution in [-0.2, 0) is 0 Å². The van der Waals surface area contributed by atoms with E-state index < -0.39 is 0 Å². The van der Waals surface area contributed by atoms with Gasteiger partial charge in [0, 0.05) is 13.6 Å². The Hall–Kier alpha value is -0.000000000000000167. The summed E-state index contributed by atoms with van der Waals surface area (Å²) in [4.78, 5) is 0. The predicted octanol–water partition coefficient (Wildman–Crippen LogP) is 5.30. The van der Waals surface area contributed by atoms with Crippen LogP contribution in [0.4, 0.5) is 0 Å². The molecule has 2 aromatic rings. The molecule has 0 aliphatic rings. The van der Waals surface area contributed by atoms with Gasteiger partial charge in [-0.1, -0.05) is 40.9 Å². The van der Waals surface area contributed by atoms with Crippen LogP contribution in [0.1, 0.15) is 17.2 Å². The number of benzene rings is 2. The van der Waals surface area contributed by atoms with Gasteiger partial charge >= 0.3 is 0 Å². The minimum Gasteiger partial charge on any atom is -0.320 e. The molecule has 2 rings (SSSR count). The Labute approximate surface area is 134 Å². The highest BCUT2D eigenvalue weighted by atomic mass is 127. The average Bonchev–Trinajstić information content (AvgIpc) is 2.35. The summed E-state index contributed by atoms with van der Waals surface area (Å²) in [6, 6.07) is 10.6. The quantitative estimate of drug-likeness (QED) is 0.666. The minimum atomic E-state index is -0.342. The molecule has 0 heterocycles. The van der Waals surface area contributed by atoms with Crippen molar-refractivity contribution in [3.63, 3.8) is 0 Å². The van der Waals surface area contributed by atoms with Gasteiger partial charge in [0.2, 0.25) is 0 Å². The largest absolute Gasteiger partial charge is 0.320 e. The Balaban J connectivity index is 2.44. The summed E-state index contributed by atoms with van der Waals surface area (Å²) in [5.74, 6) is 0.